The number of esters is 1. The van der Waals surface area contributed by atoms with E-state index in [2.05, 4.69) is 52.9 Å². The number of nitrogens with one attached hydrogen (secondary N) is 1. The molecule has 0 spiro atoms. The van der Waals surface area contributed by atoms with Crippen molar-refractivity contribution in [3.05, 3.63) is 63.1 Å². The van der Waals surface area contributed by atoms with Crippen LogP contribution in [-0.4, -0.2) is 18.5 Å². The van der Waals surface area contributed by atoms with Crippen LogP contribution < -0.4 is 5.32 Å². The maximum atomic E-state index is 12.6. The van der Waals surface area contributed by atoms with E-state index in [1.165, 1.54) is 6.07 Å². The van der Waals surface area contributed by atoms with Crippen LogP contribution in [0.1, 0.15) is 63.0 Å². The van der Waals surface area contributed by atoms with Crippen molar-refractivity contribution < 1.29 is 14.3 Å². The largest absolute Gasteiger partial charge is 0.452 e. The quantitative estimate of drug-likeness (QED) is 0.566. The lowest BCUT2D eigenvalue weighted by Crippen LogP contribution is -2.22. The highest BCUT2D eigenvalue weighted by molar-refractivity contribution is 6.35. The minimum atomic E-state index is -0.547. The minimum Gasteiger partial charge on any atom is -0.452 e. The third kappa shape index (κ3) is 6.48. The molecule has 0 aliphatic carbocycles. The molecule has 4 nitrogen and oxygen atoms in total. The monoisotopic (exact) mass is 435 g/mol. The highest BCUT2D eigenvalue weighted by atomic mass is 35.5. The normalized spacial score (nSPS) is 11.9. The summed E-state index contributed by atoms with van der Waals surface area (Å²) in [5.74, 6) is -1.04. The third-order valence-electron chi connectivity index (χ3n) is 4.44. The summed E-state index contributed by atoms with van der Waals surface area (Å²) >= 11 is 12.0. The molecular formula is C23H27Cl2NO3. The Bertz CT molecular complexity index is 892. The summed E-state index contributed by atoms with van der Waals surface area (Å²) in [6, 6.07) is 10.5. The number of hydrogen-bond acceptors (Lipinski definition) is 3. The van der Waals surface area contributed by atoms with E-state index in [1.54, 1.807) is 12.1 Å². The van der Waals surface area contributed by atoms with Crippen LogP contribution in [-0.2, 0) is 20.4 Å². The molecule has 0 atom stereocenters. The van der Waals surface area contributed by atoms with E-state index in [1.807, 2.05) is 12.1 Å². The Morgan fingerprint density at radius 2 is 1.45 bits per heavy atom. The average Bonchev–Trinajstić information content (AvgIpc) is 2.61. The smallest absolute Gasteiger partial charge is 0.338 e. The topological polar surface area (TPSA) is 55.4 Å². The Labute approximate surface area is 182 Å². The molecule has 1 N–H and O–H groups in total. The van der Waals surface area contributed by atoms with Gasteiger partial charge in [-0.2, -0.15) is 0 Å². The number of benzene rings is 2. The van der Waals surface area contributed by atoms with Gasteiger partial charge in [0.15, 0.2) is 6.61 Å². The van der Waals surface area contributed by atoms with Crippen molar-refractivity contribution in [1.29, 1.82) is 0 Å². The Morgan fingerprint density at radius 3 is 1.97 bits per heavy atom. The zero-order chi connectivity index (χ0) is 22.0. The first kappa shape index (κ1) is 23.2. The first-order valence-corrected chi connectivity index (χ1v) is 10.1. The van der Waals surface area contributed by atoms with E-state index in [0.29, 0.717) is 21.3 Å². The summed E-state index contributed by atoms with van der Waals surface area (Å²) in [7, 11) is 0. The van der Waals surface area contributed by atoms with Crippen molar-refractivity contribution in [2.75, 3.05) is 11.9 Å². The van der Waals surface area contributed by atoms with Gasteiger partial charge >= 0.3 is 5.97 Å². The van der Waals surface area contributed by atoms with Gasteiger partial charge in [-0.15, -0.1) is 0 Å². The summed E-state index contributed by atoms with van der Waals surface area (Å²) in [4.78, 5) is 24.8. The molecule has 29 heavy (non-hydrogen) atoms. The van der Waals surface area contributed by atoms with Gasteiger partial charge in [0.1, 0.15) is 0 Å². The molecule has 2 rings (SSSR count). The number of carbonyl (C=O) groups is 2. The number of carbonyl (C=O) groups excluding carboxylic acids is 2. The lowest BCUT2D eigenvalue weighted by Gasteiger charge is -2.25. The van der Waals surface area contributed by atoms with E-state index < -0.39 is 18.5 Å². The van der Waals surface area contributed by atoms with Gasteiger partial charge in [0, 0.05) is 5.02 Å². The minimum absolute atomic E-state index is 0.128. The van der Waals surface area contributed by atoms with Gasteiger partial charge in [-0.05, 0) is 52.3 Å². The second-order valence-corrected chi connectivity index (χ2v) is 9.89. The molecule has 0 aliphatic heterocycles. The van der Waals surface area contributed by atoms with E-state index in [0.717, 1.165) is 11.1 Å². The van der Waals surface area contributed by atoms with Crippen LogP contribution >= 0.6 is 23.2 Å². The van der Waals surface area contributed by atoms with Crippen LogP contribution in [0.2, 0.25) is 10.0 Å². The van der Waals surface area contributed by atoms with Gasteiger partial charge in [-0.25, -0.2) is 4.79 Å². The van der Waals surface area contributed by atoms with Gasteiger partial charge in [0.2, 0.25) is 0 Å². The standard InChI is InChI=1S/C23H27Cl2NO3/c1-22(2,3)15-9-14(10-16(11-15)23(4,5)6)21(28)29-13-20(27)26-19-12-17(24)7-8-18(19)25/h7-12H,13H2,1-6H3,(H,26,27). The van der Waals surface area contributed by atoms with Gasteiger partial charge in [-0.3, -0.25) is 4.79 Å². The molecule has 2 aromatic rings. The SMILES string of the molecule is CC(C)(C)c1cc(C(=O)OCC(=O)Nc2cc(Cl)ccc2Cl)cc(C(C)(C)C)c1. The summed E-state index contributed by atoms with van der Waals surface area (Å²) in [5, 5.41) is 3.39. The maximum absolute atomic E-state index is 12.6. The number of rotatable bonds is 4. The molecule has 2 aromatic carbocycles. The van der Waals surface area contributed by atoms with Crippen LogP contribution in [0, 0.1) is 0 Å². The van der Waals surface area contributed by atoms with Crippen molar-refractivity contribution in [3.63, 3.8) is 0 Å². The van der Waals surface area contributed by atoms with Crippen LogP contribution in [0.25, 0.3) is 0 Å². The molecule has 0 fully saturated rings. The predicted octanol–water partition coefficient (Wildman–Crippen LogP) is 6.38. The molecule has 0 heterocycles. The zero-order valence-corrected chi connectivity index (χ0v) is 19.2. The fourth-order valence-electron chi connectivity index (χ4n) is 2.61. The number of hydrogen-bond donors (Lipinski definition) is 1. The molecule has 0 saturated carbocycles. The number of amides is 1. The predicted molar refractivity (Wildman–Crippen MR) is 119 cm³/mol. The highest BCUT2D eigenvalue weighted by Crippen LogP contribution is 2.30. The third-order valence-corrected chi connectivity index (χ3v) is 5.00. The number of anilines is 1. The van der Waals surface area contributed by atoms with E-state index in [-0.39, 0.29) is 10.8 Å². The zero-order valence-electron chi connectivity index (χ0n) is 17.7. The van der Waals surface area contributed by atoms with E-state index in [9.17, 15) is 9.59 Å². The van der Waals surface area contributed by atoms with Gasteiger partial charge in [-0.1, -0.05) is 70.8 Å². The summed E-state index contributed by atoms with van der Waals surface area (Å²) in [6.07, 6.45) is 0. The highest BCUT2D eigenvalue weighted by Gasteiger charge is 2.23. The molecule has 0 aliphatic rings. The number of ether oxygens (including phenoxy) is 1. The van der Waals surface area contributed by atoms with Crippen molar-refractivity contribution >= 4 is 40.8 Å². The second kappa shape index (κ2) is 8.76. The van der Waals surface area contributed by atoms with E-state index >= 15 is 0 Å². The fraction of sp³-hybridized carbons (Fsp3) is 0.391. The molecule has 0 unspecified atom stereocenters. The van der Waals surface area contributed by atoms with Crippen molar-refractivity contribution in [2.24, 2.45) is 0 Å². The van der Waals surface area contributed by atoms with Crippen LogP contribution in [0.4, 0.5) is 5.69 Å². The lowest BCUT2D eigenvalue weighted by atomic mass is 9.79. The fourth-order valence-corrected chi connectivity index (χ4v) is 2.94. The lowest BCUT2D eigenvalue weighted by molar-refractivity contribution is -0.119. The summed E-state index contributed by atoms with van der Waals surface area (Å²) in [5.41, 5.74) is 2.61. The Kier molecular flexibility index (Phi) is 7.02. The van der Waals surface area contributed by atoms with Gasteiger partial charge in [0.05, 0.1) is 16.3 Å². The van der Waals surface area contributed by atoms with Crippen molar-refractivity contribution in [3.8, 4) is 0 Å². The van der Waals surface area contributed by atoms with Crippen LogP contribution in [0.15, 0.2) is 36.4 Å². The van der Waals surface area contributed by atoms with E-state index in [4.69, 9.17) is 27.9 Å². The summed E-state index contributed by atoms with van der Waals surface area (Å²) < 4.78 is 5.24. The number of halogens is 2. The Morgan fingerprint density at radius 1 is 0.897 bits per heavy atom. The molecule has 0 radical (unpaired) electrons. The van der Waals surface area contributed by atoms with Gasteiger partial charge in [0.25, 0.3) is 5.91 Å². The van der Waals surface area contributed by atoms with Crippen LogP contribution in [0.3, 0.4) is 0 Å². The van der Waals surface area contributed by atoms with Gasteiger partial charge < -0.3 is 10.1 Å². The molecule has 0 bridgehead atoms. The molecule has 0 aromatic heterocycles. The first-order chi connectivity index (χ1) is 13.3. The molecule has 6 heteroatoms. The molecule has 156 valence electrons. The molecular weight excluding hydrogens is 409 g/mol. The molecule has 1 amide bonds. The maximum Gasteiger partial charge on any atom is 0.338 e. The Balaban J connectivity index is 2.15. The van der Waals surface area contributed by atoms with Crippen LogP contribution in [0.5, 0.6) is 0 Å². The molecule has 0 saturated heterocycles. The second-order valence-electron chi connectivity index (χ2n) is 9.05. The summed E-state index contributed by atoms with van der Waals surface area (Å²) in [6.45, 7) is 12.1. The first-order valence-electron chi connectivity index (χ1n) is 9.35. The van der Waals surface area contributed by atoms with Crippen molar-refractivity contribution in [1.82, 2.24) is 0 Å². The average molecular weight is 436 g/mol. The van der Waals surface area contributed by atoms with Crippen molar-refractivity contribution in [2.45, 2.75) is 52.4 Å². The Hall–Kier alpha value is -2.04.